The maximum absolute atomic E-state index is 13.1. The molecule has 0 spiro atoms. The molecule has 1 aliphatic heterocycles. The number of piperazine rings is 1. The van der Waals surface area contributed by atoms with Crippen molar-refractivity contribution in [2.24, 2.45) is 5.92 Å². The molecule has 0 aromatic carbocycles. The van der Waals surface area contributed by atoms with Crippen molar-refractivity contribution in [3.63, 3.8) is 0 Å². The van der Waals surface area contributed by atoms with Crippen LogP contribution in [0.1, 0.15) is 49.5 Å². The highest BCUT2D eigenvalue weighted by Crippen LogP contribution is 2.24. The van der Waals surface area contributed by atoms with Crippen LogP contribution in [0.2, 0.25) is 0 Å². The van der Waals surface area contributed by atoms with Crippen LogP contribution in [0.4, 0.5) is 0 Å². The van der Waals surface area contributed by atoms with Crippen LogP contribution < -0.4 is 10.9 Å². The molecule has 2 amide bonds. The summed E-state index contributed by atoms with van der Waals surface area (Å²) in [4.78, 5) is 42.6. The van der Waals surface area contributed by atoms with Gasteiger partial charge < -0.3 is 20.2 Å². The van der Waals surface area contributed by atoms with E-state index in [0.717, 1.165) is 30.4 Å². The summed E-state index contributed by atoms with van der Waals surface area (Å²) in [5, 5.41) is 17.9. The molecule has 1 atom stereocenters. The Hall–Kier alpha value is -3.14. The third-order valence-corrected chi connectivity index (χ3v) is 6.12. The standard InChI is InChI=1S/C23H32N6O4/c1-14(2)12-28-21-16(5-8-18(30)27-10-9-26(4)13-15(27)3)11-24-29(21)23(33)19(22(28)32)20(31)25-17-6-7-17/h5,8,11,14-15,17,32H,6-7,9-10,12-13H2,1-4H3,(H,25,31). The molecule has 178 valence electrons. The van der Waals surface area contributed by atoms with E-state index in [9.17, 15) is 19.5 Å². The lowest BCUT2D eigenvalue weighted by Crippen LogP contribution is -2.52. The third-order valence-electron chi connectivity index (χ3n) is 6.12. The van der Waals surface area contributed by atoms with Crippen LogP contribution in [-0.2, 0) is 11.3 Å². The minimum atomic E-state index is -0.681. The van der Waals surface area contributed by atoms with Gasteiger partial charge in [-0.15, -0.1) is 0 Å². The van der Waals surface area contributed by atoms with Gasteiger partial charge in [0.05, 0.1) is 6.20 Å². The van der Waals surface area contributed by atoms with Gasteiger partial charge in [0.25, 0.3) is 11.5 Å². The fourth-order valence-corrected chi connectivity index (χ4v) is 4.27. The highest BCUT2D eigenvalue weighted by molar-refractivity contribution is 5.97. The summed E-state index contributed by atoms with van der Waals surface area (Å²) in [6, 6.07) is 0.144. The quantitative estimate of drug-likeness (QED) is 0.626. The van der Waals surface area contributed by atoms with Crippen molar-refractivity contribution in [2.75, 3.05) is 26.7 Å². The maximum Gasteiger partial charge on any atom is 0.291 e. The molecule has 0 bridgehead atoms. The van der Waals surface area contributed by atoms with Crippen LogP contribution in [0.15, 0.2) is 17.1 Å². The molecule has 0 radical (unpaired) electrons. The van der Waals surface area contributed by atoms with E-state index in [-0.39, 0.29) is 35.4 Å². The van der Waals surface area contributed by atoms with Crippen molar-refractivity contribution in [1.82, 2.24) is 29.3 Å². The van der Waals surface area contributed by atoms with Gasteiger partial charge in [0.1, 0.15) is 5.65 Å². The Morgan fingerprint density at radius 3 is 2.67 bits per heavy atom. The van der Waals surface area contributed by atoms with Crippen molar-refractivity contribution in [1.29, 1.82) is 0 Å². The Labute approximate surface area is 192 Å². The van der Waals surface area contributed by atoms with E-state index >= 15 is 0 Å². The number of fused-ring (bicyclic) bond motifs is 1. The number of aromatic hydroxyl groups is 1. The van der Waals surface area contributed by atoms with Crippen molar-refractivity contribution >= 4 is 23.5 Å². The molecular formula is C23H32N6O4. The fraction of sp³-hybridized carbons (Fsp3) is 0.565. The molecule has 2 aromatic heterocycles. The van der Waals surface area contributed by atoms with Gasteiger partial charge in [0.2, 0.25) is 11.8 Å². The van der Waals surface area contributed by atoms with E-state index in [1.807, 2.05) is 32.7 Å². The first-order valence-corrected chi connectivity index (χ1v) is 11.5. The van der Waals surface area contributed by atoms with Crippen molar-refractivity contribution in [2.45, 2.75) is 52.2 Å². The summed E-state index contributed by atoms with van der Waals surface area (Å²) in [5.41, 5.74) is -0.118. The van der Waals surface area contributed by atoms with E-state index in [1.54, 1.807) is 6.08 Å². The molecule has 10 nitrogen and oxygen atoms in total. The number of carbonyl (C=O) groups excluding carboxylic acids is 2. The topological polar surface area (TPSA) is 112 Å². The lowest BCUT2D eigenvalue weighted by Gasteiger charge is -2.37. The molecule has 10 heteroatoms. The largest absolute Gasteiger partial charge is 0.494 e. The highest BCUT2D eigenvalue weighted by atomic mass is 16.3. The summed E-state index contributed by atoms with van der Waals surface area (Å²) in [5.74, 6) is -0.960. The van der Waals surface area contributed by atoms with Gasteiger partial charge in [0.15, 0.2) is 5.56 Å². The molecule has 1 aliphatic carbocycles. The number of likely N-dealkylation sites (N-methyl/N-ethyl adjacent to an activating group) is 1. The number of nitrogens with one attached hydrogen (secondary N) is 1. The van der Waals surface area contributed by atoms with Crippen LogP contribution in [0.5, 0.6) is 5.88 Å². The fourth-order valence-electron chi connectivity index (χ4n) is 4.27. The average Bonchev–Trinajstić information content (AvgIpc) is 3.44. The molecule has 4 rings (SSSR count). The zero-order chi connectivity index (χ0) is 23.9. The Bertz CT molecular complexity index is 1160. The van der Waals surface area contributed by atoms with E-state index in [4.69, 9.17) is 0 Å². The van der Waals surface area contributed by atoms with Gasteiger partial charge in [-0.05, 0) is 38.8 Å². The maximum atomic E-state index is 13.1. The molecule has 1 unspecified atom stereocenters. The van der Waals surface area contributed by atoms with Gasteiger partial charge in [-0.3, -0.25) is 19.0 Å². The molecule has 1 saturated heterocycles. The zero-order valence-corrected chi connectivity index (χ0v) is 19.6. The van der Waals surface area contributed by atoms with E-state index in [1.165, 1.54) is 16.8 Å². The Balaban J connectivity index is 1.72. The van der Waals surface area contributed by atoms with Gasteiger partial charge in [0, 0.05) is 49.9 Å². The smallest absolute Gasteiger partial charge is 0.291 e. The minimum Gasteiger partial charge on any atom is -0.494 e. The van der Waals surface area contributed by atoms with Crippen molar-refractivity contribution in [3.8, 4) is 5.88 Å². The zero-order valence-electron chi connectivity index (χ0n) is 19.6. The summed E-state index contributed by atoms with van der Waals surface area (Å²) < 4.78 is 2.66. The molecule has 2 N–H and O–H groups in total. The number of rotatable bonds is 6. The number of nitrogens with zero attached hydrogens (tertiary/aromatic N) is 5. The molecule has 3 heterocycles. The van der Waals surface area contributed by atoms with Crippen LogP contribution in [0.3, 0.4) is 0 Å². The van der Waals surface area contributed by atoms with E-state index < -0.39 is 11.5 Å². The molecule has 1 saturated carbocycles. The number of hydrogen-bond donors (Lipinski definition) is 2. The molecule has 2 aliphatic rings. The number of hydrogen-bond acceptors (Lipinski definition) is 6. The monoisotopic (exact) mass is 456 g/mol. The molecular weight excluding hydrogens is 424 g/mol. The second-order valence-corrected chi connectivity index (χ2v) is 9.57. The van der Waals surface area contributed by atoms with Crippen LogP contribution in [0, 0.1) is 5.92 Å². The molecule has 2 fully saturated rings. The molecule has 2 aromatic rings. The first-order valence-electron chi connectivity index (χ1n) is 11.5. The van der Waals surface area contributed by atoms with Crippen molar-refractivity contribution in [3.05, 3.63) is 33.8 Å². The summed E-state index contributed by atoms with van der Waals surface area (Å²) in [6.07, 6.45) is 6.31. The number of carbonyl (C=O) groups is 2. The lowest BCUT2D eigenvalue weighted by atomic mass is 10.2. The second-order valence-electron chi connectivity index (χ2n) is 9.57. The third kappa shape index (κ3) is 4.66. The summed E-state index contributed by atoms with van der Waals surface area (Å²) in [7, 11) is 2.03. The summed E-state index contributed by atoms with van der Waals surface area (Å²) >= 11 is 0. The molecule has 33 heavy (non-hydrogen) atoms. The predicted octanol–water partition coefficient (Wildman–Crippen LogP) is 0.926. The Kier molecular flexibility index (Phi) is 6.29. The minimum absolute atomic E-state index is 0.0460. The first-order chi connectivity index (χ1) is 15.7. The number of amides is 2. The lowest BCUT2D eigenvalue weighted by molar-refractivity contribution is -0.130. The van der Waals surface area contributed by atoms with Gasteiger partial charge >= 0.3 is 0 Å². The Morgan fingerprint density at radius 1 is 1.30 bits per heavy atom. The van der Waals surface area contributed by atoms with E-state index in [0.29, 0.717) is 24.3 Å². The predicted molar refractivity (Wildman–Crippen MR) is 124 cm³/mol. The van der Waals surface area contributed by atoms with Gasteiger partial charge in [-0.25, -0.2) is 0 Å². The van der Waals surface area contributed by atoms with Crippen LogP contribution in [0.25, 0.3) is 11.7 Å². The Morgan fingerprint density at radius 2 is 2.03 bits per heavy atom. The van der Waals surface area contributed by atoms with Gasteiger partial charge in [-0.2, -0.15) is 9.61 Å². The first kappa shape index (κ1) is 23.0. The SMILES string of the molecule is CC(C)Cn1c(O)c(C(=O)NC2CC2)c(=O)n2ncc(C=CC(=O)N3CCN(C)CC3C)c12. The second kappa shape index (κ2) is 9.01. The normalized spacial score (nSPS) is 19.7. The average molecular weight is 457 g/mol. The van der Waals surface area contributed by atoms with Gasteiger partial charge in [-0.1, -0.05) is 13.8 Å². The summed E-state index contributed by atoms with van der Waals surface area (Å²) in [6.45, 7) is 8.61. The van der Waals surface area contributed by atoms with E-state index in [2.05, 4.69) is 15.3 Å². The number of aromatic nitrogens is 3. The van der Waals surface area contributed by atoms with Crippen molar-refractivity contribution < 1.29 is 14.7 Å². The highest BCUT2D eigenvalue weighted by Gasteiger charge is 2.30. The van der Waals surface area contributed by atoms with Crippen LogP contribution >= 0.6 is 0 Å². The van der Waals surface area contributed by atoms with Crippen LogP contribution in [-0.4, -0.2) is 79.7 Å².